The van der Waals surface area contributed by atoms with Crippen LogP contribution in [0.15, 0.2) is 0 Å². The van der Waals surface area contributed by atoms with E-state index in [1.54, 1.807) is 0 Å². The Morgan fingerprint density at radius 2 is 1.25 bits per heavy atom. The van der Waals surface area contributed by atoms with E-state index in [1.165, 1.54) is 0 Å². The summed E-state index contributed by atoms with van der Waals surface area (Å²) in [4.78, 5) is 0. The van der Waals surface area contributed by atoms with E-state index in [-0.39, 0.29) is 12.3 Å². The summed E-state index contributed by atoms with van der Waals surface area (Å²) in [5, 5.41) is 6.34. The quantitative estimate of drug-likeness (QED) is 0.312. The molecule has 4 nitrogen and oxygen atoms in total. The third kappa shape index (κ3) is 6.54. The van der Waals surface area contributed by atoms with E-state index in [9.17, 15) is 0 Å². The molecule has 0 saturated carbocycles. The monoisotopic (exact) mass is 174 g/mol. The van der Waals surface area contributed by atoms with Gasteiger partial charge in [-0.15, -0.1) is 0 Å². The zero-order valence-corrected chi connectivity index (χ0v) is 8.14. The maximum absolute atomic E-state index is 5.65. The minimum atomic E-state index is 0.115. The number of hydrogen-bond donors (Lipinski definition) is 4. The smallest absolute Gasteiger partial charge is 0.0544 e. The zero-order chi connectivity index (χ0) is 9.40. The molecule has 0 aliphatic carbocycles. The molecular formula is C8H22N4. The van der Waals surface area contributed by atoms with Gasteiger partial charge >= 0.3 is 0 Å². The second-order valence-corrected chi connectivity index (χ2v) is 2.94. The van der Waals surface area contributed by atoms with Gasteiger partial charge in [0.1, 0.15) is 0 Å². The van der Waals surface area contributed by atoms with Crippen LogP contribution in [0.5, 0.6) is 0 Å². The lowest BCUT2D eigenvalue weighted by Gasteiger charge is -2.14. The van der Waals surface area contributed by atoms with Crippen LogP contribution in [0.25, 0.3) is 0 Å². The summed E-state index contributed by atoms with van der Waals surface area (Å²) in [6.45, 7) is 5.87. The first-order chi connectivity index (χ1) is 5.70. The van der Waals surface area contributed by atoms with Crippen molar-refractivity contribution in [1.29, 1.82) is 0 Å². The molecule has 0 saturated heterocycles. The molecule has 0 bridgehead atoms. The molecule has 0 aliphatic rings. The van der Waals surface area contributed by atoms with Crippen LogP contribution in [0, 0.1) is 0 Å². The highest BCUT2D eigenvalue weighted by molar-refractivity contribution is 4.60. The van der Waals surface area contributed by atoms with Crippen LogP contribution in [0.2, 0.25) is 0 Å². The minimum absolute atomic E-state index is 0.115. The second-order valence-electron chi connectivity index (χ2n) is 2.94. The van der Waals surface area contributed by atoms with E-state index in [2.05, 4.69) is 24.5 Å². The molecule has 0 heterocycles. The van der Waals surface area contributed by atoms with Crippen molar-refractivity contribution in [2.75, 3.05) is 13.1 Å². The SMILES string of the molecule is CCC(N)NCCNC(N)CC. The van der Waals surface area contributed by atoms with Crippen molar-refractivity contribution in [3.63, 3.8) is 0 Å². The van der Waals surface area contributed by atoms with Crippen LogP contribution in [0.4, 0.5) is 0 Å². The van der Waals surface area contributed by atoms with E-state index < -0.39 is 0 Å². The fourth-order valence-electron chi connectivity index (χ4n) is 0.804. The zero-order valence-electron chi connectivity index (χ0n) is 8.14. The molecule has 0 amide bonds. The van der Waals surface area contributed by atoms with Crippen LogP contribution in [-0.2, 0) is 0 Å². The van der Waals surface area contributed by atoms with Crippen molar-refractivity contribution in [2.24, 2.45) is 11.5 Å². The maximum Gasteiger partial charge on any atom is 0.0544 e. The Hall–Kier alpha value is -0.160. The summed E-state index contributed by atoms with van der Waals surface area (Å²) in [5.41, 5.74) is 11.3. The molecule has 0 aromatic heterocycles. The molecule has 6 N–H and O–H groups in total. The predicted octanol–water partition coefficient (Wildman–Crippen LogP) is -0.445. The molecule has 2 atom stereocenters. The Bertz CT molecular complexity index is 85.1. The number of rotatable bonds is 7. The third-order valence-corrected chi connectivity index (χ3v) is 1.82. The fraction of sp³-hybridized carbons (Fsp3) is 1.00. The minimum Gasteiger partial charge on any atom is -0.316 e. The predicted molar refractivity (Wildman–Crippen MR) is 52.5 cm³/mol. The number of nitrogens with two attached hydrogens (primary N) is 2. The van der Waals surface area contributed by atoms with Crippen molar-refractivity contribution in [2.45, 2.75) is 39.0 Å². The topological polar surface area (TPSA) is 76.1 Å². The normalized spacial score (nSPS) is 16.0. The van der Waals surface area contributed by atoms with Gasteiger partial charge in [-0.25, -0.2) is 0 Å². The summed E-state index contributed by atoms with van der Waals surface area (Å²) in [6, 6.07) is 0. The Labute approximate surface area is 75.1 Å². The highest BCUT2D eigenvalue weighted by Gasteiger charge is 1.98. The molecule has 4 heteroatoms. The Kier molecular flexibility index (Phi) is 7.39. The second kappa shape index (κ2) is 7.49. The van der Waals surface area contributed by atoms with Crippen LogP contribution in [0.1, 0.15) is 26.7 Å². The van der Waals surface area contributed by atoms with E-state index in [4.69, 9.17) is 11.5 Å². The molecule has 0 aromatic rings. The van der Waals surface area contributed by atoms with E-state index >= 15 is 0 Å². The molecule has 0 fully saturated rings. The Balaban J connectivity index is 3.10. The van der Waals surface area contributed by atoms with Gasteiger partial charge in [-0.05, 0) is 12.8 Å². The highest BCUT2D eigenvalue weighted by atomic mass is 15.1. The first kappa shape index (κ1) is 11.8. The number of hydrogen-bond acceptors (Lipinski definition) is 4. The standard InChI is InChI=1S/C8H22N4/c1-3-7(9)11-5-6-12-8(10)4-2/h7-8,11-12H,3-6,9-10H2,1-2H3. The van der Waals surface area contributed by atoms with Gasteiger partial charge in [0.15, 0.2) is 0 Å². The molecule has 12 heavy (non-hydrogen) atoms. The van der Waals surface area contributed by atoms with Gasteiger partial charge in [0.25, 0.3) is 0 Å². The molecule has 0 rings (SSSR count). The number of nitrogens with one attached hydrogen (secondary N) is 2. The highest BCUT2D eigenvalue weighted by Crippen LogP contribution is 1.80. The third-order valence-electron chi connectivity index (χ3n) is 1.82. The van der Waals surface area contributed by atoms with Crippen LogP contribution >= 0.6 is 0 Å². The van der Waals surface area contributed by atoms with Gasteiger partial charge < -0.3 is 22.1 Å². The lowest BCUT2D eigenvalue weighted by molar-refractivity contribution is 0.463. The van der Waals surface area contributed by atoms with Gasteiger partial charge in [0.2, 0.25) is 0 Å². The summed E-state index contributed by atoms with van der Waals surface area (Å²) >= 11 is 0. The lowest BCUT2D eigenvalue weighted by atomic mass is 10.3. The Morgan fingerprint density at radius 3 is 1.50 bits per heavy atom. The maximum atomic E-state index is 5.65. The van der Waals surface area contributed by atoms with Gasteiger partial charge in [-0.2, -0.15) is 0 Å². The summed E-state index contributed by atoms with van der Waals surface area (Å²) in [7, 11) is 0. The van der Waals surface area contributed by atoms with Gasteiger partial charge in [-0.1, -0.05) is 13.8 Å². The van der Waals surface area contributed by atoms with Gasteiger partial charge in [0.05, 0.1) is 12.3 Å². The summed E-state index contributed by atoms with van der Waals surface area (Å²) < 4.78 is 0. The average molecular weight is 174 g/mol. The average Bonchev–Trinajstić information content (AvgIpc) is 2.11. The molecule has 0 radical (unpaired) electrons. The Morgan fingerprint density at radius 1 is 0.917 bits per heavy atom. The lowest BCUT2D eigenvalue weighted by Crippen LogP contribution is -2.44. The molecule has 74 valence electrons. The first-order valence-corrected chi connectivity index (χ1v) is 4.68. The van der Waals surface area contributed by atoms with Crippen LogP contribution in [0.3, 0.4) is 0 Å². The van der Waals surface area contributed by atoms with E-state index in [0.717, 1.165) is 25.9 Å². The van der Waals surface area contributed by atoms with Gasteiger partial charge in [-0.3, -0.25) is 0 Å². The van der Waals surface area contributed by atoms with Crippen LogP contribution in [-0.4, -0.2) is 25.4 Å². The van der Waals surface area contributed by atoms with Crippen molar-refractivity contribution in [3.8, 4) is 0 Å². The molecule has 0 spiro atoms. The van der Waals surface area contributed by atoms with Gasteiger partial charge in [0, 0.05) is 13.1 Å². The van der Waals surface area contributed by atoms with Crippen molar-refractivity contribution in [3.05, 3.63) is 0 Å². The van der Waals surface area contributed by atoms with E-state index in [0.29, 0.717) is 0 Å². The fourth-order valence-corrected chi connectivity index (χ4v) is 0.804. The first-order valence-electron chi connectivity index (χ1n) is 4.68. The van der Waals surface area contributed by atoms with Crippen molar-refractivity contribution in [1.82, 2.24) is 10.6 Å². The summed E-state index contributed by atoms with van der Waals surface area (Å²) in [5.74, 6) is 0. The van der Waals surface area contributed by atoms with Crippen molar-refractivity contribution >= 4 is 0 Å². The largest absolute Gasteiger partial charge is 0.316 e. The summed E-state index contributed by atoms with van der Waals surface area (Å²) in [6.07, 6.45) is 2.15. The van der Waals surface area contributed by atoms with Crippen molar-refractivity contribution < 1.29 is 0 Å². The molecule has 0 aromatic carbocycles. The van der Waals surface area contributed by atoms with E-state index in [1.807, 2.05) is 0 Å². The molecular weight excluding hydrogens is 152 g/mol. The molecule has 0 aliphatic heterocycles. The molecule has 2 unspecified atom stereocenters. The van der Waals surface area contributed by atoms with Crippen LogP contribution < -0.4 is 22.1 Å².